The summed E-state index contributed by atoms with van der Waals surface area (Å²) in [6.07, 6.45) is 1.46. The minimum absolute atomic E-state index is 0.0344. The van der Waals surface area contributed by atoms with Crippen molar-refractivity contribution in [1.82, 2.24) is 15.1 Å². The number of carbonyl (C=O) groups excluding carboxylic acids is 2. The Hall–Kier alpha value is -2.45. The third kappa shape index (κ3) is 6.83. The van der Waals surface area contributed by atoms with Gasteiger partial charge in [-0.3, -0.25) is 14.4 Å². The number of carbonyl (C=O) groups is 3. The van der Waals surface area contributed by atoms with E-state index in [0.29, 0.717) is 45.4 Å². The van der Waals surface area contributed by atoms with Crippen LogP contribution in [-0.4, -0.2) is 77.6 Å². The van der Waals surface area contributed by atoms with E-state index in [4.69, 9.17) is 9.90 Å². The van der Waals surface area contributed by atoms with Crippen LogP contribution in [0.1, 0.15) is 24.8 Å². The van der Waals surface area contributed by atoms with Crippen molar-refractivity contribution < 1.29 is 24.6 Å². The largest absolute Gasteiger partial charge is 0.483 e. The summed E-state index contributed by atoms with van der Waals surface area (Å²) in [5.41, 5.74) is 1.09. The molecule has 0 radical (unpaired) electrons. The fourth-order valence-corrected chi connectivity index (χ4v) is 3.87. The number of benzene rings is 1. The van der Waals surface area contributed by atoms with Gasteiger partial charge in [-0.05, 0) is 31.9 Å². The quantitative estimate of drug-likeness (QED) is 0.631. The lowest BCUT2D eigenvalue weighted by Gasteiger charge is -2.38. The van der Waals surface area contributed by atoms with Gasteiger partial charge in [0.2, 0.25) is 11.8 Å². The van der Waals surface area contributed by atoms with Crippen molar-refractivity contribution in [3.05, 3.63) is 35.9 Å². The molecular formula is C21H31N3O5. The van der Waals surface area contributed by atoms with Crippen LogP contribution in [0, 0.1) is 11.8 Å². The van der Waals surface area contributed by atoms with Gasteiger partial charge in [0.1, 0.15) is 0 Å². The summed E-state index contributed by atoms with van der Waals surface area (Å²) in [7, 11) is 1.98. The molecule has 3 N–H and O–H groups in total. The van der Waals surface area contributed by atoms with Crippen molar-refractivity contribution in [1.29, 1.82) is 0 Å². The predicted molar refractivity (Wildman–Crippen MR) is 108 cm³/mol. The second kappa shape index (κ2) is 11.5. The standard InChI is InChI=1S/C20H29N3O3.CH2O2/c1-22-10-9-18(24)17(14-22)20(26)23-11-7-16(8-12-23)19(25)21-13-15-5-3-2-4-6-15;2-1-3/h2-6,16-18,24H,7-14H2,1H3,(H,21,25);1H,(H,2,3)/t17-,18+;/m1./s1. The Kier molecular flexibility index (Phi) is 9.08. The van der Waals surface area contributed by atoms with Crippen LogP contribution in [0.15, 0.2) is 30.3 Å². The molecule has 2 saturated heterocycles. The van der Waals surface area contributed by atoms with E-state index in [-0.39, 0.29) is 30.1 Å². The first-order chi connectivity index (χ1) is 14.0. The summed E-state index contributed by atoms with van der Waals surface area (Å²) in [4.78, 5) is 37.4. The van der Waals surface area contributed by atoms with Crippen LogP contribution in [0.25, 0.3) is 0 Å². The molecule has 2 heterocycles. The zero-order valence-electron chi connectivity index (χ0n) is 16.9. The van der Waals surface area contributed by atoms with Crippen LogP contribution >= 0.6 is 0 Å². The summed E-state index contributed by atoms with van der Waals surface area (Å²) >= 11 is 0. The van der Waals surface area contributed by atoms with Gasteiger partial charge >= 0.3 is 0 Å². The average Bonchev–Trinajstić information content (AvgIpc) is 2.74. The third-order valence-corrected chi connectivity index (χ3v) is 5.58. The monoisotopic (exact) mass is 405 g/mol. The maximum Gasteiger partial charge on any atom is 0.290 e. The molecule has 0 aliphatic carbocycles. The maximum absolute atomic E-state index is 12.7. The van der Waals surface area contributed by atoms with Gasteiger partial charge in [0.25, 0.3) is 6.47 Å². The van der Waals surface area contributed by atoms with E-state index in [1.165, 1.54) is 0 Å². The zero-order valence-corrected chi connectivity index (χ0v) is 16.9. The van der Waals surface area contributed by atoms with Crippen LogP contribution in [0.5, 0.6) is 0 Å². The molecule has 0 spiro atoms. The highest BCUT2D eigenvalue weighted by molar-refractivity contribution is 5.81. The molecule has 0 saturated carbocycles. The number of aliphatic hydroxyl groups is 1. The molecule has 8 nitrogen and oxygen atoms in total. The fraction of sp³-hybridized carbons (Fsp3) is 0.571. The van der Waals surface area contributed by atoms with Crippen LogP contribution in [0.4, 0.5) is 0 Å². The minimum atomic E-state index is -0.550. The van der Waals surface area contributed by atoms with Crippen molar-refractivity contribution >= 4 is 18.3 Å². The molecule has 0 unspecified atom stereocenters. The first kappa shape index (κ1) is 22.8. The van der Waals surface area contributed by atoms with E-state index in [1.807, 2.05) is 42.3 Å². The first-order valence-corrected chi connectivity index (χ1v) is 10.0. The number of hydrogen-bond donors (Lipinski definition) is 3. The predicted octanol–water partition coefficient (Wildman–Crippen LogP) is 0.555. The summed E-state index contributed by atoms with van der Waals surface area (Å²) in [6.45, 7) is 2.91. The van der Waals surface area contributed by atoms with Gasteiger partial charge in [-0.2, -0.15) is 0 Å². The van der Waals surface area contributed by atoms with Crippen LogP contribution in [-0.2, 0) is 20.9 Å². The molecule has 2 atom stereocenters. The lowest BCUT2D eigenvalue weighted by molar-refractivity contribution is -0.145. The van der Waals surface area contributed by atoms with Crippen LogP contribution in [0.3, 0.4) is 0 Å². The number of hydrogen-bond acceptors (Lipinski definition) is 5. The fourth-order valence-electron chi connectivity index (χ4n) is 3.87. The van der Waals surface area contributed by atoms with Gasteiger partial charge in [-0.15, -0.1) is 0 Å². The number of aliphatic hydroxyl groups excluding tert-OH is 1. The van der Waals surface area contributed by atoms with Crippen LogP contribution < -0.4 is 5.32 Å². The lowest BCUT2D eigenvalue weighted by atomic mass is 9.91. The van der Waals surface area contributed by atoms with E-state index in [1.54, 1.807) is 0 Å². The van der Waals surface area contributed by atoms with Gasteiger partial charge in [-0.25, -0.2) is 0 Å². The first-order valence-electron chi connectivity index (χ1n) is 10.0. The van der Waals surface area contributed by atoms with Crippen molar-refractivity contribution in [3.8, 4) is 0 Å². The molecule has 2 aliphatic rings. The molecule has 0 bridgehead atoms. The van der Waals surface area contributed by atoms with Gasteiger partial charge in [0, 0.05) is 38.6 Å². The van der Waals surface area contributed by atoms with E-state index in [9.17, 15) is 14.7 Å². The second-order valence-electron chi connectivity index (χ2n) is 7.63. The zero-order chi connectivity index (χ0) is 21.2. The summed E-state index contributed by atoms with van der Waals surface area (Å²) in [5.74, 6) is -0.274. The van der Waals surface area contributed by atoms with Crippen molar-refractivity contribution in [2.24, 2.45) is 11.8 Å². The minimum Gasteiger partial charge on any atom is -0.483 e. The molecule has 1 aromatic carbocycles. The van der Waals surface area contributed by atoms with E-state index < -0.39 is 6.10 Å². The third-order valence-electron chi connectivity index (χ3n) is 5.58. The highest BCUT2D eigenvalue weighted by atomic mass is 16.3. The number of amides is 2. The lowest BCUT2D eigenvalue weighted by Crippen LogP contribution is -2.52. The Morgan fingerprint density at radius 3 is 2.38 bits per heavy atom. The number of nitrogens with one attached hydrogen (secondary N) is 1. The highest BCUT2D eigenvalue weighted by Gasteiger charge is 2.36. The average molecular weight is 405 g/mol. The van der Waals surface area contributed by atoms with Gasteiger partial charge in [0.15, 0.2) is 0 Å². The SMILES string of the molecule is CN1CC[C@H](O)[C@H](C(=O)N2CCC(C(=O)NCc3ccccc3)CC2)C1.O=CO. The van der Waals surface area contributed by atoms with Gasteiger partial charge in [0.05, 0.1) is 12.0 Å². The number of piperidine rings is 2. The molecular weight excluding hydrogens is 374 g/mol. The molecule has 2 fully saturated rings. The molecule has 29 heavy (non-hydrogen) atoms. The number of carboxylic acid groups (broad SMARTS) is 1. The maximum atomic E-state index is 12.7. The van der Waals surface area contributed by atoms with Crippen molar-refractivity contribution in [2.75, 3.05) is 33.2 Å². The van der Waals surface area contributed by atoms with Crippen molar-refractivity contribution in [2.45, 2.75) is 31.9 Å². The van der Waals surface area contributed by atoms with Crippen molar-refractivity contribution in [3.63, 3.8) is 0 Å². The summed E-state index contributed by atoms with van der Waals surface area (Å²) in [5, 5.41) is 20.1. The Morgan fingerprint density at radius 2 is 1.76 bits per heavy atom. The van der Waals surface area contributed by atoms with E-state index in [0.717, 1.165) is 12.1 Å². The summed E-state index contributed by atoms with van der Waals surface area (Å²) < 4.78 is 0. The van der Waals surface area contributed by atoms with Gasteiger partial charge < -0.3 is 25.3 Å². The van der Waals surface area contributed by atoms with Gasteiger partial charge in [-0.1, -0.05) is 30.3 Å². The molecule has 2 aliphatic heterocycles. The topological polar surface area (TPSA) is 110 Å². The molecule has 8 heteroatoms. The highest BCUT2D eigenvalue weighted by Crippen LogP contribution is 2.23. The van der Waals surface area contributed by atoms with E-state index in [2.05, 4.69) is 10.2 Å². The number of likely N-dealkylation sites (tertiary alicyclic amines) is 2. The normalized spacial score (nSPS) is 22.9. The smallest absolute Gasteiger partial charge is 0.290 e. The number of rotatable bonds is 4. The Labute approximate surface area is 171 Å². The van der Waals surface area contributed by atoms with E-state index >= 15 is 0 Å². The second-order valence-corrected chi connectivity index (χ2v) is 7.63. The Bertz CT molecular complexity index is 662. The molecule has 0 aromatic heterocycles. The Morgan fingerprint density at radius 1 is 1.14 bits per heavy atom. The number of nitrogens with zero attached hydrogens (tertiary/aromatic N) is 2. The molecule has 1 aromatic rings. The molecule has 2 amide bonds. The summed E-state index contributed by atoms with van der Waals surface area (Å²) in [6, 6.07) is 9.87. The Balaban J connectivity index is 0.000000941. The van der Waals surface area contributed by atoms with Crippen LogP contribution in [0.2, 0.25) is 0 Å². The molecule has 160 valence electrons. The molecule has 3 rings (SSSR count).